The molecule has 1 aromatic heterocycles. The number of hydrogen-bond acceptors (Lipinski definition) is 5. The van der Waals surface area contributed by atoms with Gasteiger partial charge >= 0.3 is 0 Å². The number of benzene rings is 1. The molecule has 0 saturated carbocycles. The lowest BCUT2D eigenvalue weighted by molar-refractivity contribution is 0.122. The molecule has 5 heteroatoms. The van der Waals surface area contributed by atoms with Crippen LogP contribution in [0.5, 0.6) is 0 Å². The van der Waals surface area contributed by atoms with E-state index in [0.29, 0.717) is 12.1 Å². The second-order valence-electron chi connectivity index (χ2n) is 5.80. The van der Waals surface area contributed by atoms with Gasteiger partial charge < -0.3 is 10.0 Å². The number of piperazine rings is 1. The van der Waals surface area contributed by atoms with E-state index < -0.39 is 0 Å². The van der Waals surface area contributed by atoms with Crippen LogP contribution in [0.1, 0.15) is 12.5 Å². The van der Waals surface area contributed by atoms with Crippen LogP contribution in [-0.2, 0) is 0 Å². The molecule has 0 unspecified atom stereocenters. The quantitative estimate of drug-likeness (QED) is 0.932. The fourth-order valence-corrected chi connectivity index (χ4v) is 2.95. The van der Waals surface area contributed by atoms with Gasteiger partial charge in [-0.05, 0) is 19.1 Å². The Morgan fingerprint density at radius 3 is 2.68 bits per heavy atom. The highest BCUT2D eigenvalue weighted by Crippen LogP contribution is 2.24. The molecule has 1 aromatic carbocycles. The molecule has 2 aromatic rings. The van der Waals surface area contributed by atoms with Crippen molar-refractivity contribution in [2.45, 2.75) is 13.0 Å². The smallest absolute Gasteiger partial charge is 0.147 e. The predicted molar refractivity (Wildman–Crippen MR) is 86.8 cm³/mol. The van der Waals surface area contributed by atoms with E-state index in [-0.39, 0.29) is 6.10 Å². The number of aliphatic hydroxyl groups excluding tert-OH is 1. The lowest BCUT2D eigenvalue weighted by Gasteiger charge is -2.36. The number of β-amino-alcohol motifs (C(OH)–C–C–N with tert-alkyl or cyclic N) is 1. The number of nitriles is 1. The van der Waals surface area contributed by atoms with E-state index in [4.69, 9.17) is 4.98 Å². The predicted octanol–water partition coefficient (Wildman–Crippen LogP) is 1.61. The summed E-state index contributed by atoms with van der Waals surface area (Å²) in [5.41, 5.74) is 1.55. The molecule has 114 valence electrons. The monoisotopic (exact) mass is 296 g/mol. The van der Waals surface area contributed by atoms with Crippen LogP contribution in [0.2, 0.25) is 0 Å². The SMILES string of the molecule is C[C@H](O)CN1CCN(c2nc3ccccc3cc2C#N)CC1. The first-order valence-corrected chi connectivity index (χ1v) is 7.62. The van der Waals surface area contributed by atoms with E-state index in [1.165, 1.54) is 0 Å². The molecule has 0 radical (unpaired) electrons. The molecule has 1 fully saturated rings. The minimum atomic E-state index is -0.306. The van der Waals surface area contributed by atoms with Crippen LogP contribution in [-0.4, -0.2) is 53.8 Å². The van der Waals surface area contributed by atoms with Gasteiger partial charge in [0.15, 0.2) is 0 Å². The fraction of sp³-hybridized carbons (Fsp3) is 0.412. The summed E-state index contributed by atoms with van der Waals surface area (Å²) in [7, 11) is 0. The van der Waals surface area contributed by atoms with Gasteiger partial charge in [0, 0.05) is 38.1 Å². The number of nitrogens with zero attached hydrogens (tertiary/aromatic N) is 4. The van der Waals surface area contributed by atoms with E-state index in [2.05, 4.69) is 15.9 Å². The van der Waals surface area contributed by atoms with Crippen LogP contribution >= 0.6 is 0 Å². The van der Waals surface area contributed by atoms with E-state index in [9.17, 15) is 10.4 Å². The van der Waals surface area contributed by atoms with Crippen molar-refractivity contribution in [3.63, 3.8) is 0 Å². The Morgan fingerprint density at radius 1 is 1.27 bits per heavy atom. The summed E-state index contributed by atoms with van der Waals surface area (Å²) in [6.07, 6.45) is -0.306. The highest BCUT2D eigenvalue weighted by atomic mass is 16.3. The summed E-state index contributed by atoms with van der Waals surface area (Å²) in [4.78, 5) is 9.11. The van der Waals surface area contributed by atoms with Gasteiger partial charge in [-0.25, -0.2) is 4.98 Å². The Balaban J connectivity index is 1.83. The summed E-state index contributed by atoms with van der Waals surface area (Å²) in [5.74, 6) is 0.776. The highest BCUT2D eigenvalue weighted by molar-refractivity contribution is 5.83. The topological polar surface area (TPSA) is 63.4 Å². The molecule has 1 saturated heterocycles. The Hall–Kier alpha value is -2.16. The summed E-state index contributed by atoms with van der Waals surface area (Å²) in [6.45, 7) is 5.92. The number of aromatic nitrogens is 1. The van der Waals surface area contributed by atoms with E-state index >= 15 is 0 Å². The molecule has 3 rings (SSSR count). The van der Waals surface area contributed by atoms with Gasteiger partial charge in [0.25, 0.3) is 0 Å². The molecule has 0 spiro atoms. The normalized spacial score (nSPS) is 17.4. The van der Waals surface area contributed by atoms with Gasteiger partial charge in [-0.3, -0.25) is 4.90 Å². The average Bonchev–Trinajstić information content (AvgIpc) is 2.54. The molecule has 0 amide bonds. The summed E-state index contributed by atoms with van der Waals surface area (Å²) in [5, 5.41) is 19.9. The second kappa shape index (κ2) is 6.30. The summed E-state index contributed by atoms with van der Waals surface area (Å²) >= 11 is 0. The van der Waals surface area contributed by atoms with Crippen molar-refractivity contribution >= 4 is 16.7 Å². The first-order chi connectivity index (χ1) is 10.7. The molecule has 0 aliphatic carbocycles. The Labute approximate surface area is 130 Å². The van der Waals surface area contributed by atoms with Gasteiger partial charge in [-0.1, -0.05) is 18.2 Å². The zero-order chi connectivity index (χ0) is 15.5. The summed E-state index contributed by atoms with van der Waals surface area (Å²) < 4.78 is 0. The van der Waals surface area contributed by atoms with Gasteiger partial charge in [0.1, 0.15) is 11.9 Å². The fourth-order valence-electron chi connectivity index (χ4n) is 2.95. The first-order valence-electron chi connectivity index (χ1n) is 7.62. The highest BCUT2D eigenvalue weighted by Gasteiger charge is 2.21. The van der Waals surface area contributed by atoms with Crippen LogP contribution < -0.4 is 4.90 Å². The van der Waals surface area contributed by atoms with Gasteiger partial charge in [-0.15, -0.1) is 0 Å². The third-order valence-electron chi connectivity index (χ3n) is 4.02. The standard InChI is InChI=1S/C17H20N4O/c1-13(22)12-20-6-8-21(9-7-20)17-15(11-18)10-14-4-2-3-5-16(14)19-17/h2-5,10,13,22H,6-9,12H2,1H3/t13-/m0/s1. The number of aliphatic hydroxyl groups is 1. The van der Waals surface area contributed by atoms with Crippen LogP contribution in [0.3, 0.4) is 0 Å². The molecule has 1 atom stereocenters. The zero-order valence-electron chi connectivity index (χ0n) is 12.7. The number of pyridine rings is 1. The second-order valence-corrected chi connectivity index (χ2v) is 5.80. The molecule has 2 heterocycles. The van der Waals surface area contributed by atoms with Gasteiger partial charge in [-0.2, -0.15) is 5.26 Å². The lowest BCUT2D eigenvalue weighted by atomic mass is 10.1. The average molecular weight is 296 g/mol. The molecule has 1 aliphatic heterocycles. The largest absolute Gasteiger partial charge is 0.392 e. The maximum atomic E-state index is 9.48. The molecule has 22 heavy (non-hydrogen) atoms. The van der Waals surface area contributed by atoms with Crippen molar-refractivity contribution in [1.82, 2.24) is 9.88 Å². The molecular formula is C17H20N4O. The van der Waals surface area contributed by atoms with E-state index in [0.717, 1.165) is 42.9 Å². The Kier molecular flexibility index (Phi) is 4.23. The van der Waals surface area contributed by atoms with E-state index in [1.54, 1.807) is 0 Å². The molecule has 1 aliphatic rings. The number of rotatable bonds is 3. The molecule has 5 nitrogen and oxygen atoms in total. The van der Waals surface area contributed by atoms with Crippen LogP contribution in [0, 0.1) is 11.3 Å². The number of hydrogen-bond donors (Lipinski definition) is 1. The minimum absolute atomic E-state index is 0.306. The number of anilines is 1. The lowest BCUT2D eigenvalue weighted by Crippen LogP contribution is -2.48. The summed E-state index contributed by atoms with van der Waals surface area (Å²) in [6, 6.07) is 12.1. The molecular weight excluding hydrogens is 276 g/mol. The third-order valence-corrected chi connectivity index (χ3v) is 4.02. The number of para-hydroxylation sites is 1. The van der Waals surface area contributed by atoms with Crippen molar-refractivity contribution in [3.8, 4) is 6.07 Å². The van der Waals surface area contributed by atoms with Crippen LogP contribution in [0.4, 0.5) is 5.82 Å². The van der Waals surface area contributed by atoms with Gasteiger partial charge in [0.05, 0.1) is 17.2 Å². The Morgan fingerprint density at radius 2 is 2.00 bits per heavy atom. The zero-order valence-corrected chi connectivity index (χ0v) is 12.7. The number of fused-ring (bicyclic) bond motifs is 1. The van der Waals surface area contributed by atoms with Crippen LogP contribution in [0.25, 0.3) is 10.9 Å². The van der Waals surface area contributed by atoms with Crippen molar-refractivity contribution in [2.24, 2.45) is 0 Å². The van der Waals surface area contributed by atoms with Gasteiger partial charge in [0.2, 0.25) is 0 Å². The maximum Gasteiger partial charge on any atom is 0.147 e. The third kappa shape index (κ3) is 3.03. The van der Waals surface area contributed by atoms with Crippen molar-refractivity contribution in [3.05, 3.63) is 35.9 Å². The maximum absolute atomic E-state index is 9.48. The van der Waals surface area contributed by atoms with Crippen LogP contribution in [0.15, 0.2) is 30.3 Å². The first kappa shape index (κ1) is 14.8. The van der Waals surface area contributed by atoms with Crippen molar-refractivity contribution in [2.75, 3.05) is 37.6 Å². The van der Waals surface area contributed by atoms with Crippen molar-refractivity contribution < 1.29 is 5.11 Å². The Bertz CT molecular complexity index is 699. The molecule has 1 N–H and O–H groups in total. The molecule has 0 bridgehead atoms. The minimum Gasteiger partial charge on any atom is -0.392 e. The van der Waals surface area contributed by atoms with Crippen molar-refractivity contribution in [1.29, 1.82) is 5.26 Å². The van der Waals surface area contributed by atoms with E-state index in [1.807, 2.05) is 37.3 Å².